The van der Waals surface area contributed by atoms with Gasteiger partial charge in [-0.05, 0) is 58.0 Å². The van der Waals surface area contributed by atoms with Gasteiger partial charge in [-0.25, -0.2) is 10.8 Å². The molecule has 1 fully saturated rings. The van der Waals surface area contributed by atoms with Gasteiger partial charge in [0.25, 0.3) is 5.91 Å². The molecule has 3 heterocycles. The molecule has 196 valence electrons. The van der Waals surface area contributed by atoms with Crippen molar-refractivity contribution in [2.75, 3.05) is 36.1 Å². The van der Waals surface area contributed by atoms with Crippen LogP contribution >= 0.6 is 0 Å². The molecule has 4 rings (SSSR count). The van der Waals surface area contributed by atoms with Crippen LogP contribution in [0.3, 0.4) is 0 Å². The predicted molar refractivity (Wildman–Crippen MR) is 146 cm³/mol. The summed E-state index contributed by atoms with van der Waals surface area (Å²) in [5.41, 5.74) is 9.70. The smallest absolute Gasteiger partial charge is 0.255 e. The van der Waals surface area contributed by atoms with Gasteiger partial charge in [0.1, 0.15) is 5.82 Å². The average molecular weight is 506 g/mol. The number of carbonyl (C=O) groups excluding carboxylic acids is 1. The van der Waals surface area contributed by atoms with Crippen LogP contribution in [0.15, 0.2) is 47.8 Å². The maximum absolute atomic E-state index is 13.2. The van der Waals surface area contributed by atoms with Crippen LogP contribution in [0.25, 0.3) is 0 Å². The molecule has 11 nitrogen and oxygen atoms in total. The minimum atomic E-state index is -0.476. The van der Waals surface area contributed by atoms with Gasteiger partial charge >= 0.3 is 0 Å². The standard InChI is InChI=1S/C26H35N9O2/c1-14-12-34(13-15(2)37-14)22-10-18(8-9-31-22)24(28)20-11-19(6-7-21(20)27)32-25(36)23-16(3)33(5)26(29)35(30)17(23)4/h6-11,14-15,17,28-29H,12-13,27,30H2,1-5H3,(H,32,36)/t14-,15+,17-/m1/s1. The number of amides is 1. The van der Waals surface area contributed by atoms with E-state index in [0.717, 1.165) is 18.9 Å². The summed E-state index contributed by atoms with van der Waals surface area (Å²) in [7, 11) is 1.69. The second kappa shape index (κ2) is 10.2. The number of morpholine rings is 1. The molecule has 37 heavy (non-hydrogen) atoms. The number of benzene rings is 1. The van der Waals surface area contributed by atoms with Gasteiger partial charge in [-0.3, -0.25) is 20.6 Å². The molecule has 2 aliphatic heterocycles. The Morgan fingerprint density at radius 2 is 1.84 bits per heavy atom. The van der Waals surface area contributed by atoms with Crippen LogP contribution in [0.2, 0.25) is 0 Å². The number of pyridine rings is 1. The molecule has 2 aliphatic rings. The lowest BCUT2D eigenvalue weighted by atomic mass is 10.00. The fourth-order valence-electron chi connectivity index (χ4n) is 4.81. The Kier molecular flexibility index (Phi) is 7.19. The van der Waals surface area contributed by atoms with Crippen LogP contribution in [-0.2, 0) is 9.53 Å². The molecule has 7 N–H and O–H groups in total. The lowest BCUT2D eigenvalue weighted by molar-refractivity contribution is -0.113. The number of anilines is 3. The van der Waals surface area contributed by atoms with E-state index in [4.69, 9.17) is 27.1 Å². The highest BCUT2D eigenvalue weighted by atomic mass is 16.5. The summed E-state index contributed by atoms with van der Waals surface area (Å²) >= 11 is 0. The highest BCUT2D eigenvalue weighted by molar-refractivity contribution is 6.15. The topological polar surface area (TPSA) is 161 Å². The first-order chi connectivity index (χ1) is 17.5. The normalized spacial score (nSPS) is 22.4. The van der Waals surface area contributed by atoms with Crippen LogP contribution in [0.4, 0.5) is 17.2 Å². The predicted octanol–water partition coefficient (Wildman–Crippen LogP) is 2.35. The van der Waals surface area contributed by atoms with Gasteiger partial charge in [0.15, 0.2) is 0 Å². The van der Waals surface area contributed by atoms with Gasteiger partial charge in [-0.1, -0.05) is 0 Å². The molecule has 0 bridgehead atoms. The van der Waals surface area contributed by atoms with Crippen LogP contribution in [0, 0.1) is 10.8 Å². The molecule has 1 aromatic carbocycles. The van der Waals surface area contributed by atoms with E-state index in [-0.39, 0.29) is 29.8 Å². The maximum atomic E-state index is 13.2. The second-order valence-electron chi connectivity index (χ2n) is 9.66. The summed E-state index contributed by atoms with van der Waals surface area (Å²) in [5.74, 6) is 6.58. The Hall–Kier alpha value is -3.96. The lowest BCUT2D eigenvalue weighted by Crippen LogP contribution is -2.56. The van der Waals surface area contributed by atoms with Crippen molar-refractivity contribution in [3.63, 3.8) is 0 Å². The Morgan fingerprint density at radius 3 is 2.51 bits per heavy atom. The Bertz CT molecular complexity index is 1260. The van der Waals surface area contributed by atoms with E-state index in [0.29, 0.717) is 33.8 Å². The lowest BCUT2D eigenvalue weighted by Gasteiger charge is -2.39. The van der Waals surface area contributed by atoms with Crippen molar-refractivity contribution >= 4 is 34.8 Å². The Labute approximate surface area is 217 Å². The first kappa shape index (κ1) is 26.1. The van der Waals surface area contributed by atoms with Crippen molar-refractivity contribution in [3.8, 4) is 0 Å². The number of guanidine groups is 1. The van der Waals surface area contributed by atoms with Gasteiger partial charge in [-0.2, -0.15) is 0 Å². The maximum Gasteiger partial charge on any atom is 0.255 e. The number of nitrogens with two attached hydrogens (primary N) is 2. The van der Waals surface area contributed by atoms with E-state index in [1.807, 2.05) is 19.9 Å². The molecular weight excluding hydrogens is 470 g/mol. The summed E-state index contributed by atoms with van der Waals surface area (Å²) in [6.07, 6.45) is 1.87. The van der Waals surface area contributed by atoms with E-state index in [1.165, 1.54) is 5.01 Å². The molecule has 2 aromatic rings. The summed E-state index contributed by atoms with van der Waals surface area (Å²) in [6, 6.07) is 8.27. The van der Waals surface area contributed by atoms with E-state index in [1.54, 1.807) is 56.3 Å². The molecule has 1 saturated heterocycles. The second-order valence-corrected chi connectivity index (χ2v) is 9.66. The van der Waals surface area contributed by atoms with Gasteiger partial charge in [0.2, 0.25) is 5.96 Å². The van der Waals surface area contributed by atoms with E-state index < -0.39 is 6.04 Å². The fraction of sp³-hybridized carbons (Fsp3) is 0.385. The van der Waals surface area contributed by atoms with Gasteiger partial charge < -0.3 is 25.6 Å². The van der Waals surface area contributed by atoms with Gasteiger partial charge in [0, 0.05) is 54.5 Å². The third-order valence-corrected chi connectivity index (χ3v) is 6.89. The first-order valence-corrected chi connectivity index (χ1v) is 12.2. The highest BCUT2D eigenvalue weighted by Crippen LogP contribution is 2.27. The summed E-state index contributed by atoms with van der Waals surface area (Å²) < 4.78 is 5.83. The zero-order chi connectivity index (χ0) is 27.0. The molecule has 1 amide bonds. The number of ether oxygens (including phenoxy) is 1. The number of aromatic nitrogens is 1. The number of hydrazine groups is 1. The number of hydrogen-bond donors (Lipinski definition) is 5. The Morgan fingerprint density at radius 1 is 1.16 bits per heavy atom. The van der Waals surface area contributed by atoms with E-state index in [9.17, 15) is 4.79 Å². The minimum absolute atomic E-state index is 0.0898. The molecule has 0 spiro atoms. The number of nitrogen functional groups attached to an aromatic ring is 1. The van der Waals surface area contributed by atoms with Crippen molar-refractivity contribution in [2.24, 2.45) is 5.84 Å². The van der Waals surface area contributed by atoms with Crippen molar-refractivity contribution in [3.05, 3.63) is 58.9 Å². The minimum Gasteiger partial charge on any atom is -0.398 e. The number of nitrogens with one attached hydrogen (secondary N) is 3. The fourth-order valence-corrected chi connectivity index (χ4v) is 4.81. The molecule has 11 heteroatoms. The highest BCUT2D eigenvalue weighted by Gasteiger charge is 2.33. The van der Waals surface area contributed by atoms with Crippen molar-refractivity contribution < 1.29 is 9.53 Å². The molecule has 0 unspecified atom stereocenters. The Balaban J connectivity index is 1.58. The molecular formula is C26H35N9O2. The summed E-state index contributed by atoms with van der Waals surface area (Å²) in [4.78, 5) is 21.5. The molecule has 0 saturated carbocycles. The number of hydrogen-bond acceptors (Lipinski definition) is 8. The molecule has 0 radical (unpaired) electrons. The third-order valence-electron chi connectivity index (χ3n) is 6.89. The SMILES string of the molecule is CC1=C(C(=O)Nc2ccc(N)c(C(=N)c3ccnc(N4C[C@@H](C)O[C@@H](C)C4)c3)c2)[C@@H](C)N(N)C(=N)N1C. The van der Waals surface area contributed by atoms with E-state index in [2.05, 4.69) is 15.2 Å². The monoisotopic (exact) mass is 505 g/mol. The zero-order valence-corrected chi connectivity index (χ0v) is 21.9. The number of rotatable bonds is 5. The largest absolute Gasteiger partial charge is 0.398 e. The van der Waals surface area contributed by atoms with E-state index >= 15 is 0 Å². The average Bonchev–Trinajstić information content (AvgIpc) is 2.86. The van der Waals surface area contributed by atoms with Crippen molar-refractivity contribution in [1.29, 1.82) is 10.8 Å². The molecule has 3 atom stereocenters. The first-order valence-electron chi connectivity index (χ1n) is 12.2. The van der Waals surface area contributed by atoms with Crippen LogP contribution in [0.1, 0.15) is 38.8 Å². The van der Waals surface area contributed by atoms with Crippen LogP contribution in [-0.4, -0.2) is 70.9 Å². The quantitative estimate of drug-likeness (QED) is 0.235. The summed E-state index contributed by atoms with van der Waals surface area (Å²) in [6.45, 7) is 9.08. The van der Waals surface area contributed by atoms with Gasteiger partial charge in [-0.15, -0.1) is 0 Å². The van der Waals surface area contributed by atoms with Crippen LogP contribution in [0.5, 0.6) is 0 Å². The molecule has 0 aliphatic carbocycles. The number of nitrogens with zero attached hydrogens (tertiary/aromatic N) is 4. The number of allylic oxidation sites excluding steroid dienone is 1. The molecule has 1 aromatic heterocycles. The van der Waals surface area contributed by atoms with Crippen LogP contribution < -0.4 is 21.8 Å². The van der Waals surface area contributed by atoms with Crippen molar-refractivity contribution in [2.45, 2.75) is 45.9 Å². The zero-order valence-electron chi connectivity index (χ0n) is 21.9. The third kappa shape index (κ3) is 5.13. The number of carbonyl (C=O) groups is 1. The summed E-state index contributed by atoms with van der Waals surface area (Å²) in [5, 5.41) is 21.2. The van der Waals surface area contributed by atoms with Crippen molar-refractivity contribution in [1.82, 2.24) is 14.9 Å². The van der Waals surface area contributed by atoms with Gasteiger partial charge in [0.05, 0.1) is 29.5 Å².